The first-order valence-electron chi connectivity index (χ1n) is 4.44. The molecular formula is C8H18N2O. The lowest BCUT2D eigenvalue weighted by molar-refractivity contribution is 0.0593. The molecule has 1 heterocycles. The maximum atomic E-state index is 8.98. The predicted molar refractivity (Wildman–Crippen MR) is 45.4 cm³/mol. The molecule has 1 rings (SSSR count). The highest BCUT2D eigenvalue weighted by Crippen LogP contribution is 2.09. The largest absolute Gasteiger partial charge is 0.381 e. The summed E-state index contributed by atoms with van der Waals surface area (Å²) >= 11 is 0. The van der Waals surface area contributed by atoms with Crippen molar-refractivity contribution in [2.24, 2.45) is 0 Å². The molecule has 0 aromatic heterocycles. The van der Waals surface area contributed by atoms with Gasteiger partial charge in [0.25, 0.3) is 0 Å². The highest BCUT2D eigenvalue weighted by atomic mass is 16.3. The van der Waals surface area contributed by atoms with E-state index >= 15 is 0 Å². The smallest absolute Gasteiger partial charge is 0.0958 e. The molecule has 0 bridgehead atoms. The standard InChI is InChI=1S/C8H18N2O/c1-2-10(7-11)8-3-5-9-6-4-8/h8-9,11H,2-7H2,1H3. The molecule has 0 aromatic carbocycles. The van der Waals surface area contributed by atoms with Gasteiger partial charge in [0.05, 0.1) is 6.73 Å². The van der Waals surface area contributed by atoms with Crippen LogP contribution < -0.4 is 5.32 Å². The predicted octanol–water partition coefficient (Wildman–Crippen LogP) is 0.0101. The van der Waals surface area contributed by atoms with Crippen molar-refractivity contribution in [2.45, 2.75) is 25.8 Å². The van der Waals surface area contributed by atoms with Gasteiger partial charge in [-0.3, -0.25) is 4.90 Å². The quantitative estimate of drug-likeness (QED) is 0.568. The van der Waals surface area contributed by atoms with E-state index in [2.05, 4.69) is 17.1 Å². The number of piperidine rings is 1. The zero-order chi connectivity index (χ0) is 8.10. The fourth-order valence-electron chi connectivity index (χ4n) is 1.65. The van der Waals surface area contributed by atoms with Crippen LogP contribution in [0.4, 0.5) is 0 Å². The van der Waals surface area contributed by atoms with E-state index in [1.165, 1.54) is 12.8 Å². The second-order valence-corrected chi connectivity index (χ2v) is 3.03. The molecule has 1 aliphatic rings. The first-order chi connectivity index (χ1) is 5.38. The molecule has 1 aliphatic heterocycles. The van der Waals surface area contributed by atoms with E-state index in [9.17, 15) is 0 Å². The van der Waals surface area contributed by atoms with E-state index in [4.69, 9.17) is 5.11 Å². The Morgan fingerprint density at radius 2 is 2.09 bits per heavy atom. The van der Waals surface area contributed by atoms with Crippen molar-refractivity contribution in [1.29, 1.82) is 0 Å². The Balaban J connectivity index is 2.30. The van der Waals surface area contributed by atoms with Gasteiger partial charge in [-0.05, 0) is 32.5 Å². The molecule has 0 aliphatic carbocycles. The van der Waals surface area contributed by atoms with Gasteiger partial charge < -0.3 is 10.4 Å². The van der Waals surface area contributed by atoms with Gasteiger partial charge in [0.1, 0.15) is 0 Å². The molecule has 66 valence electrons. The Morgan fingerprint density at radius 3 is 2.55 bits per heavy atom. The van der Waals surface area contributed by atoms with Crippen LogP contribution in [0, 0.1) is 0 Å². The van der Waals surface area contributed by atoms with Gasteiger partial charge >= 0.3 is 0 Å². The molecule has 11 heavy (non-hydrogen) atoms. The van der Waals surface area contributed by atoms with Crippen molar-refractivity contribution in [3.63, 3.8) is 0 Å². The topological polar surface area (TPSA) is 35.5 Å². The Morgan fingerprint density at radius 1 is 1.45 bits per heavy atom. The fourth-order valence-corrected chi connectivity index (χ4v) is 1.65. The first-order valence-corrected chi connectivity index (χ1v) is 4.44. The normalized spacial score (nSPS) is 21.0. The van der Waals surface area contributed by atoms with Crippen molar-refractivity contribution in [3.05, 3.63) is 0 Å². The molecule has 1 fully saturated rings. The van der Waals surface area contributed by atoms with Gasteiger partial charge in [-0.15, -0.1) is 0 Å². The zero-order valence-electron chi connectivity index (χ0n) is 7.21. The van der Waals surface area contributed by atoms with Crippen molar-refractivity contribution < 1.29 is 5.11 Å². The maximum absolute atomic E-state index is 8.98. The summed E-state index contributed by atoms with van der Waals surface area (Å²) in [7, 11) is 0. The van der Waals surface area contributed by atoms with Crippen LogP contribution in [0.1, 0.15) is 19.8 Å². The summed E-state index contributed by atoms with van der Waals surface area (Å²) in [4.78, 5) is 2.13. The third kappa shape index (κ3) is 2.43. The average Bonchev–Trinajstić information content (AvgIpc) is 2.09. The van der Waals surface area contributed by atoms with Crippen molar-refractivity contribution in [1.82, 2.24) is 10.2 Å². The Kier molecular flexibility index (Phi) is 3.83. The van der Waals surface area contributed by atoms with E-state index in [0.29, 0.717) is 6.04 Å². The molecule has 0 aromatic rings. The van der Waals surface area contributed by atoms with Crippen LogP contribution in [0.15, 0.2) is 0 Å². The van der Waals surface area contributed by atoms with Gasteiger partial charge in [-0.1, -0.05) is 6.92 Å². The Hall–Kier alpha value is -0.120. The number of nitrogens with one attached hydrogen (secondary N) is 1. The molecule has 0 atom stereocenters. The van der Waals surface area contributed by atoms with E-state index in [1.54, 1.807) is 0 Å². The van der Waals surface area contributed by atoms with E-state index in [-0.39, 0.29) is 6.73 Å². The minimum Gasteiger partial charge on any atom is -0.381 e. The van der Waals surface area contributed by atoms with Crippen molar-refractivity contribution in [3.8, 4) is 0 Å². The highest BCUT2D eigenvalue weighted by Gasteiger charge is 2.17. The third-order valence-electron chi connectivity index (χ3n) is 2.41. The van der Waals surface area contributed by atoms with Gasteiger partial charge in [-0.25, -0.2) is 0 Å². The molecule has 1 saturated heterocycles. The lowest BCUT2D eigenvalue weighted by atomic mass is 10.1. The number of hydrogen-bond acceptors (Lipinski definition) is 3. The first kappa shape index (κ1) is 8.97. The monoisotopic (exact) mass is 158 g/mol. The summed E-state index contributed by atoms with van der Waals surface area (Å²) < 4.78 is 0. The van der Waals surface area contributed by atoms with Crippen molar-refractivity contribution in [2.75, 3.05) is 26.4 Å². The van der Waals surface area contributed by atoms with Crippen molar-refractivity contribution >= 4 is 0 Å². The molecule has 3 heteroatoms. The number of hydrogen-bond donors (Lipinski definition) is 2. The van der Waals surface area contributed by atoms with Gasteiger partial charge in [-0.2, -0.15) is 0 Å². The van der Waals surface area contributed by atoms with Crippen LogP contribution in [0.25, 0.3) is 0 Å². The van der Waals surface area contributed by atoms with Crippen LogP contribution in [0.5, 0.6) is 0 Å². The van der Waals surface area contributed by atoms with Gasteiger partial charge in [0.2, 0.25) is 0 Å². The lowest BCUT2D eigenvalue weighted by Gasteiger charge is -2.32. The lowest BCUT2D eigenvalue weighted by Crippen LogP contribution is -2.43. The summed E-state index contributed by atoms with van der Waals surface area (Å²) in [5, 5.41) is 12.3. The highest BCUT2D eigenvalue weighted by molar-refractivity contribution is 4.75. The molecule has 0 spiro atoms. The third-order valence-corrected chi connectivity index (χ3v) is 2.41. The second-order valence-electron chi connectivity index (χ2n) is 3.03. The summed E-state index contributed by atoms with van der Waals surface area (Å²) in [6.45, 7) is 5.46. The molecule has 0 saturated carbocycles. The molecule has 0 radical (unpaired) electrons. The second kappa shape index (κ2) is 4.70. The maximum Gasteiger partial charge on any atom is 0.0958 e. The Bertz CT molecular complexity index is 98.3. The number of aliphatic hydroxyl groups excluding tert-OH is 1. The number of rotatable bonds is 3. The van der Waals surface area contributed by atoms with Crippen LogP contribution in [-0.4, -0.2) is 42.4 Å². The van der Waals surface area contributed by atoms with E-state index in [0.717, 1.165) is 19.6 Å². The van der Waals surface area contributed by atoms with Gasteiger partial charge in [0, 0.05) is 6.04 Å². The van der Waals surface area contributed by atoms with Crippen LogP contribution in [0.2, 0.25) is 0 Å². The van der Waals surface area contributed by atoms with Crippen LogP contribution in [-0.2, 0) is 0 Å². The zero-order valence-corrected chi connectivity index (χ0v) is 7.21. The summed E-state index contributed by atoms with van der Waals surface area (Å²) in [6, 6.07) is 0.603. The van der Waals surface area contributed by atoms with Crippen LogP contribution >= 0.6 is 0 Å². The molecule has 3 nitrogen and oxygen atoms in total. The number of aliphatic hydroxyl groups is 1. The van der Waals surface area contributed by atoms with E-state index < -0.39 is 0 Å². The fraction of sp³-hybridized carbons (Fsp3) is 1.00. The molecule has 0 unspecified atom stereocenters. The Labute approximate surface area is 68.4 Å². The summed E-state index contributed by atoms with van der Waals surface area (Å²) in [5.41, 5.74) is 0. The minimum absolute atomic E-state index is 0.209. The molecule has 2 N–H and O–H groups in total. The van der Waals surface area contributed by atoms with E-state index in [1.807, 2.05) is 0 Å². The minimum atomic E-state index is 0.209. The molecular weight excluding hydrogens is 140 g/mol. The summed E-state index contributed by atoms with van der Waals surface area (Å²) in [6.07, 6.45) is 2.35. The summed E-state index contributed by atoms with van der Waals surface area (Å²) in [5.74, 6) is 0. The number of nitrogens with zero attached hydrogens (tertiary/aromatic N) is 1. The molecule has 0 amide bonds. The average molecular weight is 158 g/mol. The van der Waals surface area contributed by atoms with Crippen LogP contribution in [0.3, 0.4) is 0 Å². The van der Waals surface area contributed by atoms with Gasteiger partial charge in [0.15, 0.2) is 0 Å². The SMILES string of the molecule is CCN(CO)C1CCNCC1.